The van der Waals surface area contributed by atoms with Gasteiger partial charge in [0.1, 0.15) is 6.61 Å². The Morgan fingerprint density at radius 2 is 1.47 bits per heavy atom. The molecule has 1 amide bonds. The fraction of sp³-hybridized carbons (Fsp3) is 0.323. The Morgan fingerprint density at radius 1 is 0.921 bits per heavy atom. The second-order valence-electron chi connectivity index (χ2n) is 10.7. The molecule has 7 heteroatoms. The first-order valence-electron chi connectivity index (χ1n) is 13.0. The van der Waals surface area contributed by atoms with Crippen molar-refractivity contribution in [3.8, 4) is 11.1 Å². The summed E-state index contributed by atoms with van der Waals surface area (Å²) in [7, 11) is -0.580. The Labute approximate surface area is 230 Å². The number of hydrogen-bond donors (Lipinski definition) is 1. The number of thioether (sulfide) groups is 1. The fourth-order valence-corrected chi connectivity index (χ4v) is 5.58. The topological polar surface area (TPSA) is 56.8 Å². The van der Waals surface area contributed by atoms with Crippen molar-refractivity contribution < 1.29 is 18.8 Å². The predicted octanol–water partition coefficient (Wildman–Crippen LogP) is 6.96. The second-order valence-corrected chi connectivity index (χ2v) is 11.6. The highest BCUT2D eigenvalue weighted by Gasteiger charge is 2.52. The summed E-state index contributed by atoms with van der Waals surface area (Å²) in [4.78, 5) is 14.1. The molecule has 3 aromatic rings. The molecular formula is C31H34BNO4S. The molecule has 3 aromatic carbocycles. The zero-order valence-corrected chi connectivity index (χ0v) is 23.4. The van der Waals surface area contributed by atoms with Crippen molar-refractivity contribution >= 4 is 31.0 Å². The quantitative estimate of drug-likeness (QED) is 0.266. The lowest BCUT2D eigenvalue weighted by Gasteiger charge is -2.32. The van der Waals surface area contributed by atoms with Crippen molar-refractivity contribution in [1.29, 1.82) is 0 Å². The van der Waals surface area contributed by atoms with Gasteiger partial charge >= 0.3 is 13.2 Å². The summed E-state index contributed by atoms with van der Waals surface area (Å²) < 4.78 is 18.4. The van der Waals surface area contributed by atoms with Crippen LogP contribution in [0.5, 0.6) is 0 Å². The lowest BCUT2D eigenvalue weighted by Crippen LogP contribution is -2.41. The van der Waals surface area contributed by atoms with Gasteiger partial charge in [0, 0.05) is 17.4 Å². The molecule has 5 rings (SSSR count). The minimum Gasteiger partial charge on any atom is -0.449 e. The van der Waals surface area contributed by atoms with Crippen LogP contribution in [0.25, 0.3) is 17.2 Å². The summed E-state index contributed by atoms with van der Waals surface area (Å²) in [6.45, 7) is 8.62. The fourth-order valence-electron chi connectivity index (χ4n) is 5.01. The van der Waals surface area contributed by atoms with Crippen molar-refractivity contribution in [2.75, 3.05) is 19.4 Å². The van der Waals surface area contributed by atoms with Crippen LogP contribution in [-0.2, 0) is 14.0 Å². The molecule has 0 bridgehead atoms. The van der Waals surface area contributed by atoms with E-state index in [0.717, 1.165) is 15.9 Å². The summed E-state index contributed by atoms with van der Waals surface area (Å²) >= 11 is 1.68. The van der Waals surface area contributed by atoms with E-state index in [1.165, 1.54) is 22.3 Å². The van der Waals surface area contributed by atoms with Crippen molar-refractivity contribution in [3.63, 3.8) is 0 Å². The van der Waals surface area contributed by atoms with E-state index >= 15 is 0 Å². The van der Waals surface area contributed by atoms with Crippen LogP contribution < -0.4 is 5.32 Å². The molecule has 1 heterocycles. The molecule has 38 heavy (non-hydrogen) atoms. The first kappa shape index (κ1) is 26.6. The third-order valence-corrected chi connectivity index (χ3v) is 8.63. The molecule has 0 spiro atoms. The molecule has 1 aliphatic heterocycles. The van der Waals surface area contributed by atoms with Crippen molar-refractivity contribution in [2.24, 2.45) is 0 Å². The molecule has 1 N–H and O–H groups in total. The van der Waals surface area contributed by atoms with E-state index in [1.54, 1.807) is 11.8 Å². The van der Waals surface area contributed by atoms with Crippen LogP contribution in [-0.4, -0.2) is 43.8 Å². The smallest absolute Gasteiger partial charge is 0.449 e. The predicted molar refractivity (Wildman–Crippen MR) is 155 cm³/mol. The molecule has 0 radical (unpaired) electrons. The number of ether oxygens (including phenoxy) is 1. The van der Waals surface area contributed by atoms with Gasteiger partial charge in [-0.2, -0.15) is 0 Å². The number of nitrogens with one attached hydrogen (secondary N) is 1. The summed E-state index contributed by atoms with van der Waals surface area (Å²) in [6.07, 6.45) is 3.64. The maximum absolute atomic E-state index is 12.9. The van der Waals surface area contributed by atoms with E-state index < -0.39 is 24.4 Å². The number of amides is 1. The third-order valence-electron chi connectivity index (χ3n) is 7.82. The highest BCUT2D eigenvalue weighted by Crippen LogP contribution is 2.44. The van der Waals surface area contributed by atoms with Crippen LogP contribution in [0.15, 0.2) is 83.2 Å². The number of hydrogen-bond acceptors (Lipinski definition) is 5. The normalized spacial score (nSPS) is 17.7. The van der Waals surface area contributed by atoms with Gasteiger partial charge in [-0.05, 0) is 73.3 Å². The third kappa shape index (κ3) is 5.15. The van der Waals surface area contributed by atoms with Gasteiger partial charge in [0.05, 0.1) is 11.2 Å². The molecule has 196 valence electrons. The molecule has 0 saturated carbocycles. The van der Waals surface area contributed by atoms with Crippen molar-refractivity contribution in [1.82, 2.24) is 5.32 Å². The van der Waals surface area contributed by atoms with Crippen molar-refractivity contribution in [3.05, 3.63) is 95.0 Å². The largest absolute Gasteiger partial charge is 0.492 e. The lowest BCUT2D eigenvalue weighted by atomic mass is 9.77. The monoisotopic (exact) mass is 527 g/mol. The Balaban J connectivity index is 1.31. The van der Waals surface area contributed by atoms with Gasteiger partial charge in [-0.15, -0.1) is 11.8 Å². The lowest BCUT2D eigenvalue weighted by molar-refractivity contribution is 0.00578. The van der Waals surface area contributed by atoms with Gasteiger partial charge in [-0.1, -0.05) is 72.8 Å². The standard InChI is InChI=1S/C31H34BNO4S/c1-30(2)31(3,4)37-32(36-30)22(18-21-12-6-11-17-28(21)38-5)19-33-29(34)35-20-27-25-15-9-7-13-23(25)24-14-8-10-16-26(24)27/h6-18,27H,19-20H2,1-5H3,(H,33,34). The Hall–Kier alpha value is -3.00. The number of benzene rings is 3. The van der Waals surface area contributed by atoms with Crippen LogP contribution in [0.4, 0.5) is 4.79 Å². The maximum atomic E-state index is 12.9. The Bertz CT molecular complexity index is 1310. The molecule has 1 aliphatic carbocycles. The highest BCUT2D eigenvalue weighted by atomic mass is 32.2. The van der Waals surface area contributed by atoms with Crippen LogP contribution in [0.1, 0.15) is 50.3 Å². The highest BCUT2D eigenvalue weighted by molar-refractivity contribution is 7.98. The van der Waals surface area contributed by atoms with E-state index in [9.17, 15) is 4.79 Å². The number of rotatable bonds is 7. The maximum Gasteiger partial charge on any atom is 0.492 e. The van der Waals surface area contributed by atoms with Gasteiger partial charge in [0.15, 0.2) is 0 Å². The number of fused-ring (bicyclic) bond motifs is 3. The number of carbonyl (C=O) groups is 1. The van der Waals surface area contributed by atoms with E-state index in [0.29, 0.717) is 0 Å². The van der Waals surface area contributed by atoms with Crippen molar-refractivity contribution in [2.45, 2.75) is 49.7 Å². The van der Waals surface area contributed by atoms with E-state index in [-0.39, 0.29) is 19.1 Å². The summed E-state index contributed by atoms with van der Waals surface area (Å²) in [5.41, 5.74) is 5.70. The second kappa shape index (κ2) is 10.6. The zero-order valence-electron chi connectivity index (χ0n) is 22.6. The van der Waals surface area contributed by atoms with Gasteiger partial charge in [0.25, 0.3) is 0 Å². The average Bonchev–Trinajstić information content (AvgIpc) is 3.34. The van der Waals surface area contributed by atoms with Crippen LogP contribution in [0, 0.1) is 0 Å². The van der Waals surface area contributed by atoms with E-state index in [4.69, 9.17) is 14.0 Å². The molecule has 0 atom stereocenters. The Kier molecular flexibility index (Phi) is 7.45. The molecule has 1 saturated heterocycles. The summed E-state index contributed by atoms with van der Waals surface area (Å²) in [6, 6.07) is 24.8. The van der Waals surface area contributed by atoms with Crippen LogP contribution in [0.3, 0.4) is 0 Å². The first-order chi connectivity index (χ1) is 18.2. The minimum absolute atomic E-state index is 0.0136. The van der Waals surface area contributed by atoms with Gasteiger partial charge in [0.2, 0.25) is 0 Å². The van der Waals surface area contributed by atoms with Gasteiger partial charge in [-0.25, -0.2) is 4.79 Å². The molecule has 5 nitrogen and oxygen atoms in total. The molecule has 1 fully saturated rings. The Morgan fingerprint density at radius 3 is 2.08 bits per heavy atom. The van der Waals surface area contributed by atoms with Gasteiger partial charge in [-0.3, -0.25) is 0 Å². The number of carbonyl (C=O) groups excluding carboxylic acids is 1. The zero-order chi connectivity index (χ0) is 26.9. The van der Waals surface area contributed by atoms with E-state index in [2.05, 4.69) is 54.0 Å². The number of alkyl carbamates (subject to hydrolysis) is 1. The molecule has 2 aliphatic rings. The van der Waals surface area contributed by atoms with Crippen LogP contribution in [0.2, 0.25) is 0 Å². The van der Waals surface area contributed by atoms with Crippen LogP contribution >= 0.6 is 11.8 Å². The SMILES string of the molecule is CSc1ccccc1C=C(CNC(=O)OCC1c2ccccc2-c2ccccc21)B1OC(C)(C)C(C)(C)O1. The first-order valence-corrected chi connectivity index (χ1v) is 14.2. The molecular weight excluding hydrogens is 493 g/mol. The van der Waals surface area contributed by atoms with E-state index in [1.807, 2.05) is 64.1 Å². The summed E-state index contributed by atoms with van der Waals surface area (Å²) in [5, 5.41) is 2.95. The molecule has 0 unspecified atom stereocenters. The van der Waals surface area contributed by atoms with Gasteiger partial charge < -0.3 is 19.4 Å². The summed E-state index contributed by atoms with van der Waals surface area (Å²) in [5.74, 6) is 0.0136. The average molecular weight is 527 g/mol. The minimum atomic E-state index is -0.580. The molecule has 0 aromatic heterocycles.